The molecule has 24 nitrogen and oxygen atoms in total. The molecule has 0 amide bonds. The second-order valence-corrected chi connectivity index (χ2v) is 22.3. The van der Waals surface area contributed by atoms with Gasteiger partial charge in [0, 0.05) is 46.8 Å². The topological polar surface area (TPSA) is 349 Å². The van der Waals surface area contributed by atoms with Crippen LogP contribution in [0.25, 0.3) is 54.8 Å². The highest BCUT2D eigenvalue weighted by molar-refractivity contribution is 6.34. The molecule has 29 heteroatoms. The van der Waals surface area contributed by atoms with Crippen LogP contribution in [0.4, 0.5) is 20.4 Å². The summed E-state index contributed by atoms with van der Waals surface area (Å²) in [6.07, 6.45) is -5.92. The lowest BCUT2D eigenvalue weighted by Gasteiger charge is -2.26. The zero-order chi connectivity index (χ0) is 61.1. The Labute approximate surface area is 500 Å². The molecule has 0 aliphatic carbocycles. The minimum atomic E-state index is -1.69. The van der Waals surface area contributed by atoms with Crippen LogP contribution in [-0.4, -0.2) is 159 Å². The van der Waals surface area contributed by atoms with Crippen molar-refractivity contribution in [3.05, 3.63) is 143 Å². The molecule has 3 saturated heterocycles. The Morgan fingerprint density at radius 1 is 0.523 bits per heavy atom. The Kier molecular flexibility index (Phi) is 16.5. The highest BCUT2D eigenvalue weighted by atomic mass is 35.5. The van der Waals surface area contributed by atoms with Crippen LogP contribution in [-0.2, 0) is 14.2 Å². The highest BCUT2D eigenvalue weighted by Crippen LogP contribution is 2.42. The first-order valence-corrected chi connectivity index (χ1v) is 27.5. The summed E-state index contributed by atoms with van der Waals surface area (Å²) in [5.41, 5.74) is 8.82. The molecule has 7 aromatic heterocycles. The number of fused-ring (bicyclic) bond motifs is 5. The van der Waals surface area contributed by atoms with Gasteiger partial charge in [0.1, 0.15) is 136 Å². The van der Waals surface area contributed by atoms with Crippen molar-refractivity contribution in [3.63, 3.8) is 0 Å². The zero-order valence-corrected chi connectivity index (χ0v) is 47.7. The van der Waals surface area contributed by atoms with Gasteiger partial charge >= 0.3 is 0 Å². The van der Waals surface area contributed by atoms with Crippen molar-refractivity contribution in [1.29, 1.82) is 0 Å². The first-order valence-electron chi connectivity index (χ1n) is 26.3. The number of nitrogens with two attached hydrogens (primary N) is 2. The first kappa shape index (κ1) is 60.2. The van der Waals surface area contributed by atoms with E-state index in [1.807, 2.05) is 36.4 Å². The summed E-state index contributed by atoms with van der Waals surface area (Å²) in [6, 6.07) is 26.6. The average Bonchev–Trinajstić information content (AvgIpc) is 1.78. The van der Waals surface area contributed by atoms with Crippen molar-refractivity contribution in [2.75, 3.05) is 31.3 Å². The van der Waals surface area contributed by atoms with Gasteiger partial charge in [-0.25, -0.2) is 43.7 Å². The molecular weight excluding hydrogens is 1190 g/mol. The van der Waals surface area contributed by atoms with Crippen LogP contribution < -0.4 is 25.7 Å². The molecule has 11 N–H and O–H groups in total. The van der Waals surface area contributed by atoms with Crippen molar-refractivity contribution in [2.24, 2.45) is 0 Å². The fraction of sp³-hybridized carbons (Fsp3) is 0.316. The van der Waals surface area contributed by atoms with Crippen LogP contribution in [0, 0.1) is 11.6 Å². The quantitative estimate of drug-likeness (QED) is 0.0531. The van der Waals surface area contributed by atoms with Crippen molar-refractivity contribution in [3.8, 4) is 17.2 Å². The van der Waals surface area contributed by atoms with E-state index < -0.39 is 83.8 Å². The number of nitrogens with zero attached hydrogens (tertiary/aromatic N) is 9. The number of aromatic nitrogens is 9. The second-order valence-electron chi connectivity index (χ2n) is 21.1. The van der Waals surface area contributed by atoms with Gasteiger partial charge < -0.3 is 84.8 Å². The number of benzene rings is 3. The Balaban J connectivity index is 0.000000137. The lowest BCUT2D eigenvalue weighted by Crippen LogP contribution is -2.47. The lowest BCUT2D eigenvalue weighted by molar-refractivity contribution is -0.131. The molecule has 86 heavy (non-hydrogen) atoms. The van der Waals surface area contributed by atoms with Gasteiger partial charge in [0.25, 0.3) is 0 Å². The number of hydrogen-bond acceptors (Lipinski definition) is 22. The summed E-state index contributed by atoms with van der Waals surface area (Å²) in [5, 5.41) is 76.1. The fourth-order valence-electron chi connectivity index (χ4n) is 10.1. The van der Waals surface area contributed by atoms with Crippen LogP contribution in [0.2, 0.25) is 15.5 Å². The van der Waals surface area contributed by atoms with Crippen molar-refractivity contribution >= 4 is 101 Å². The molecule has 0 spiro atoms. The van der Waals surface area contributed by atoms with E-state index >= 15 is 0 Å². The van der Waals surface area contributed by atoms with Crippen LogP contribution in [0.5, 0.6) is 17.2 Å². The van der Waals surface area contributed by atoms with Gasteiger partial charge in [-0.3, -0.25) is 0 Å². The Hall–Kier alpha value is -7.54. The Morgan fingerprint density at radius 2 is 0.919 bits per heavy atom. The summed E-state index contributed by atoms with van der Waals surface area (Å²) >= 11 is 17.8. The number of ether oxygens (including phenoxy) is 6. The molecule has 12 atom stereocenters. The third kappa shape index (κ3) is 11.6. The predicted molar refractivity (Wildman–Crippen MR) is 309 cm³/mol. The number of aliphatic hydroxyl groups is 7. The maximum absolute atomic E-state index is 14.4. The smallest absolute Gasteiger partial charge is 0.184 e. The van der Waals surface area contributed by atoms with Crippen LogP contribution in [0.1, 0.15) is 33.2 Å². The van der Waals surface area contributed by atoms with Gasteiger partial charge in [0.15, 0.2) is 36.0 Å². The minimum Gasteiger partial charge on any atom is -0.491 e. The normalized spacial score (nSPS) is 27.1. The minimum absolute atomic E-state index is 0.00614. The van der Waals surface area contributed by atoms with E-state index in [-0.39, 0.29) is 52.9 Å². The molecule has 3 aliphatic heterocycles. The van der Waals surface area contributed by atoms with Gasteiger partial charge in [0.2, 0.25) is 0 Å². The van der Waals surface area contributed by atoms with E-state index in [1.54, 1.807) is 54.6 Å². The molecule has 0 bridgehead atoms. The summed E-state index contributed by atoms with van der Waals surface area (Å²) < 4.78 is 65.6. The van der Waals surface area contributed by atoms with Gasteiger partial charge in [-0.15, -0.1) is 0 Å². The highest BCUT2D eigenvalue weighted by Gasteiger charge is 2.55. The first-order chi connectivity index (χ1) is 40.9. The van der Waals surface area contributed by atoms with E-state index in [0.717, 1.165) is 28.6 Å². The monoisotopic (exact) mass is 1240 g/mol. The summed E-state index contributed by atoms with van der Waals surface area (Å²) in [6.45, 7) is 4.07. The maximum Gasteiger partial charge on any atom is 0.184 e. The van der Waals surface area contributed by atoms with E-state index in [1.165, 1.54) is 42.6 Å². The molecular formula is C57H54Cl3F2N11O13. The number of halogens is 5. The Bertz CT molecular complexity index is 3970. The van der Waals surface area contributed by atoms with Crippen LogP contribution >= 0.6 is 34.8 Å². The molecule has 0 saturated carbocycles. The second kappa shape index (κ2) is 23.6. The van der Waals surface area contributed by atoms with Crippen molar-refractivity contribution in [1.82, 2.24) is 44.0 Å². The summed E-state index contributed by atoms with van der Waals surface area (Å²) in [7, 11) is 0. The van der Waals surface area contributed by atoms with E-state index in [0.29, 0.717) is 49.9 Å². The zero-order valence-electron chi connectivity index (χ0n) is 45.4. The molecule has 3 aliphatic rings. The third-order valence-corrected chi connectivity index (χ3v) is 16.0. The standard InChI is InChI=1S/C21H17Cl2FN4O4.C21H21FN6O4.C15H16ClNO5/c1-21(30)14(8-31-11-4-2-10-3-5-15(22)27-13(10)6-11)32-20(17(21)29)28-7-12(24)16-18(23)25-9-26-19(16)28;1-21(30)14(8-31-11-4-2-10-3-5-15(23)27-13(10)6-11)32-20(17(21)29)28-7-12(22)16-18(24)25-9-26-19(16)28;1-15(20)11(22-14(19)13(15)18)7-21-9-4-2-8-3-5-12(16)17-10(8)6-9/h2-7,9,14,17,20,29-30H,8H2,1H3;2-7,9,14,17,20,29-30H,8H2,1H3,(H2,23,27)(H2,24,25,26);2-6,11,13-14,18-20H,7H2,1H3/t2*14-,17+,20-,21-;11-,13+,14?,15-/m111/s1. The summed E-state index contributed by atoms with van der Waals surface area (Å²) in [4.78, 5) is 28.4. The van der Waals surface area contributed by atoms with Gasteiger partial charge in [0.05, 0.1) is 27.3 Å². The third-order valence-electron chi connectivity index (χ3n) is 15.3. The molecule has 3 fully saturated rings. The van der Waals surface area contributed by atoms with E-state index in [4.69, 9.17) is 74.7 Å². The molecule has 10 heterocycles. The van der Waals surface area contributed by atoms with Gasteiger partial charge in [-0.05, 0) is 93.6 Å². The number of anilines is 2. The van der Waals surface area contributed by atoms with Crippen molar-refractivity contribution in [2.45, 2.75) is 92.9 Å². The lowest BCUT2D eigenvalue weighted by atomic mass is 9.95. The fourth-order valence-corrected chi connectivity index (χ4v) is 10.7. The van der Waals surface area contributed by atoms with Crippen LogP contribution in [0.15, 0.2) is 116 Å². The van der Waals surface area contributed by atoms with E-state index in [2.05, 4.69) is 34.9 Å². The number of nitrogen functional groups attached to an aromatic ring is 2. The number of hydrogen-bond donors (Lipinski definition) is 9. The summed E-state index contributed by atoms with van der Waals surface area (Å²) in [5.74, 6) is 0.540. The maximum atomic E-state index is 14.4. The molecule has 13 rings (SSSR count). The molecule has 1 unspecified atom stereocenters. The van der Waals surface area contributed by atoms with Gasteiger partial charge in [-0.1, -0.05) is 34.8 Å². The molecule has 3 aromatic carbocycles. The number of rotatable bonds is 11. The molecule has 10 aromatic rings. The number of pyridine rings is 3. The van der Waals surface area contributed by atoms with E-state index in [9.17, 15) is 44.5 Å². The molecule has 0 radical (unpaired) electrons. The average molecular weight is 1250 g/mol. The predicted octanol–water partition coefficient (Wildman–Crippen LogP) is 5.98. The largest absolute Gasteiger partial charge is 0.491 e. The SMILES string of the molecule is C[C@@]1(O)[C@@H](COc2ccc3ccc(Cl)nc3c2)OC(O)[C@@H]1O.C[C@@]1(O)[C@@H](COc2ccc3ccc(Cl)nc3c2)O[C@@H](n2cc(F)c3c(Cl)ncnc32)[C@@H]1O.C[C@@]1(O)[C@@H](COc2ccc3ccc(N)nc3c2)O[C@@H](n2cc(F)c3c(N)ncnc32)[C@@H]1O. The molecule has 450 valence electrons. The number of aliphatic hydroxyl groups excluding tert-OH is 4. The van der Waals surface area contributed by atoms with Crippen molar-refractivity contribution < 1.29 is 72.9 Å². The van der Waals surface area contributed by atoms with Gasteiger partial charge in [-0.2, -0.15) is 0 Å². The Morgan fingerprint density at radius 3 is 1.38 bits per heavy atom. The van der Waals surface area contributed by atoms with Crippen LogP contribution in [0.3, 0.4) is 0 Å².